The van der Waals surface area contributed by atoms with E-state index in [1.54, 1.807) is 0 Å². The Hall–Kier alpha value is -2.45. The molecule has 3 rings (SSSR count). The molecule has 6 nitrogen and oxygen atoms in total. The molecular weight excluding hydrogens is 405 g/mol. The maximum Gasteiger partial charge on any atom is 0.243 e. The molecule has 0 radical (unpaired) electrons. The van der Waals surface area contributed by atoms with Gasteiger partial charge < -0.3 is 5.32 Å². The monoisotopic (exact) mass is 433 g/mol. The Balaban J connectivity index is 1.72. The number of rotatable bonds is 8. The molecule has 30 heavy (non-hydrogen) atoms. The second-order valence-corrected chi connectivity index (χ2v) is 9.54. The molecule has 1 saturated heterocycles. The van der Waals surface area contributed by atoms with Gasteiger partial charge in [-0.05, 0) is 62.2 Å². The van der Waals surface area contributed by atoms with Gasteiger partial charge in [-0.25, -0.2) is 12.8 Å². The van der Waals surface area contributed by atoms with Crippen molar-refractivity contribution < 1.29 is 17.6 Å². The van der Waals surface area contributed by atoms with E-state index in [9.17, 15) is 17.6 Å². The van der Waals surface area contributed by atoms with Crippen molar-refractivity contribution in [3.63, 3.8) is 0 Å². The van der Waals surface area contributed by atoms with Crippen molar-refractivity contribution in [2.45, 2.75) is 38.9 Å². The zero-order chi connectivity index (χ0) is 21.7. The molecule has 1 fully saturated rings. The average Bonchev–Trinajstić information content (AvgIpc) is 3.19. The fourth-order valence-corrected chi connectivity index (χ4v) is 4.98. The first-order valence-corrected chi connectivity index (χ1v) is 11.9. The molecule has 0 spiro atoms. The van der Waals surface area contributed by atoms with E-state index in [-0.39, 0.29) is 5.69 Å². The van der Waals surface area contributed by atoms with E-state index in [1.165, 1.54) is 38.0 Å². The second-order valence-electron chi connectivity index (χ2n) is 7.68. The lowest BCUT2D eigenvalue weighted by atomic mass is 10.1. The molecule has 162 valence electrons. The summed E-state index contributed by atoms with van der Waals surface area (Å²) in [7, 11) is -3.79. The molecule has 0 aromatic heterocycles. The highest BCUT2D eigenvalue weighted by Crippen LogP contribution is 2.22. The number of likely N-dealkylation sites (tertiary alicyclic amines) is 1. The van der Waals surface area contributed by atoms with Crippen molar-refractivity contribution >= 4 is 21.6 Å². The number of nitrogens with zero attached hydrogens (tertiary/aromatic N) is 2. The number of hydrogen-bond donors (Lipinski definition) is 1. The Kier molecular flexibility index (Phi) is 7.10. The number of halogens is 1. The number of hydrogen-bond acceptors (Lipinski definition) is 4. The van der Waals surface area contributed by atoms with Crippen molar-refractivity contribution in [3.05, 3.63) is 65.5 Å². The minimum absolute atomic E-state index is 0.120. The van der Waals surface area contributed by atoms with Crippen LogP contribution in [0.2, 0.25) is 0 Å². The van der Waals surface area contributed by atoms with Gasteiger partial charge in [0.15, 0.2) is 0 Å². The number of amides is 1. The highest BCUT2D eigenvalue weighted by atomic mass is 32.2. The normalized spacial score (nSPS) is 15.7. The summed E-state index contributed by atoms with van der Waals surface area (Å²) in [5.41, 5.74) is 2.27. The van der Waals surface area contributed by atoms with Gasteiger partial charge >= 0.3 is 0 Å². The minimum Gasteiger partial charge on any atom is -0.350 e. The highest BCUT2D eigenvalue weighted by Gasteiger charge is 2.29. The fraction of sp³-hybridized carbons (Fsp3) is 0.409. The van der Waals surface area contributed by atoms with Gasteiger partial charge in [0.2, 0.25) is 15.9 Å². The molecule has 8 heteroatoms. The topological polar surface area (TPSA) is 69.7 Å². The fourth-order valence-electron chi connectivity index (χ4n) is 3.82. The van der Waals surface area contributed by atoms with Gasteiger partial charge in [0.25, 0.3) is 0 Å². The van der Waals surface area contributed by atoms with E-state index in [2.05, 4.69) is 16.3 Å². The summed E-state index contributed by atoms with van der Waals surface area (Å²) >= 11 is 0. The van der Waals surface area contributed by atoms with Crippen LogP contribution in [-0.2, 0) is 27.9 Å². The lowest BCUT2D eigenvalue weighted by Gasteiger charge is -2.28. The van der Waals surface area contributed by atoms with Crippen LogP contribution in [0.25, 0.3) is 0 Å². The predicted molar refractivity (Wildman–Crippen MR) is 116 cm³/mol. The Morgan fingerprint density at radius 2 is 1.80 bits per heavy atom. The van der Waals surface area contributed by atoms with E-state index in [4.69, 9.17) is 0 Å². The van der Waals surface area contributed by atoms with Crippen LogP contribution in [0.15, 0.2) is 48.5 Å². The van der Waals surface area contributed by atoms with Crippen molar-refractivity contribution in [1.29, 1.82) is 0 Å². The molecule has 2 aromatic carbocycles. The van der Waals surface area contributed by atoms with E-state index < -0.39 is 27.8 Å². The van der Waals surface area contributed by atoms with Crippen molar-refractivity contribution in [3.8, 4) is 0 Å². The summed E-state index contributed by atoms with van der Waals surface area (Å²) in [6.07, 6.45) is 3.42. The Morgan fingerprint density at radius 1 is 1.13 bits per heavy atom. The van der Waals surface area contributed by atoms with Crippen LogP contribution in [0.4, 0.5) is 10.1 Å². The smallest absolute Gasteiger partial charge is 0.243 e. The van der Waals surface area contributed by atoms with E-state index >= 15 is 0 Å². The van der Waals surface area contributed by atoms with Crippen LogP contribution < -0.4 is 9.62 Å². The predicted octanol–water partition coefficient (Wildman–Crippen LogP) is 2.89. The molecule has 0 saturated carbocycles. The van der Waals surface area contributed by atoms with Crippen molar-refractivity contribution in [2.24, 2.45) is 0 Å². The molecule has 0 aliphatic carbocycles. The number of sulfonamides is 1. The van der Waals surface area contributed by atoms with Crippen LogP contribution in [0.1, 0.15) is 30.9 Å². The molecule has 2 aromatic rings. The van der Waals surface area contributed by atoms with Crippen LogP contribution >= 0.6 is 0 Å². The third-order valence-electron chi connectivity index (χ3n) is 5.32. The summed E-state index contributed by atoms with van der Waals surface area (Å²) in [6.45, 7) is 4.79. The van der Waals surface area contributed by atoms with Crippen LogP contribution in [0, 0.1) is 5.82 Å². The quantitative estimate of drug-likeness (QED) is 0.695. The lowest BCUT2D eigenvalue weighted by molar-refractivity contribution is -0.122. The number of carbonyl (C=O) groups is 1. The minimum atomic E-state index is -3.79. The van der Waals surface area contributed by atoms with Crippen LogP contribution in [-0.4, -0.2) is 44.6 Å². The molecule has 1 aliphatic heterocycles. The maximum absolute atomic E-state index is 13.6. The van der Waals surface area contributed by atoms with Gasteiger partial charge in [0, 0.05) is 13.1 Å². The summed E-state index contributed by atoms with van der Waals surface area (Å²) in [6, 6.07) is 12.1. The van der Waals surface area contributed by atoms with Gasteiger partial charge in [-0.2, -0.15) is 0 Å². The SMILES string of the molecule is CC(C(=O)NCc1ccccc1CN1CCCC1)N(c1cccc(F)c1)S(C)(=O)=O. The molecule has 1 atom stereocenters. The Bertz CT molecular complexity index is 991. The Labute approximate surface area is 177 Å². The summed E-state index contributed by atoms with van der Waals surface area (Å²) < 4.78 is 39.2. The maximum atomic E-state index is 13.6. The average molecular weight is 434 g/mol. The molecule has 0 bridgehead atoms. The number of benzene rings is 2. The number of carbonyl (C=O) groups excluding carboxylic acids is 1. The Morgan fingerprint density at radius 3 is 2.43 bits per heavy atom. The molecule has 1 heterocycles. The van der Waals surface area contributed by atoms with Crippen molar-refractivity contribution in [1.82, 2.24) is 10.2 Å². The largest absolute Gasteiger partial charge is 0.350 e. The van der Waals surface area contributed by atoms with Gasteiger partial charge in [0.05, 0.1) is 11.9 Å². The van der Waals surface area contributed by atoms with E-state index in [1.807, 2.05) is 18.2 Å². The molecule has 1 aliphatic rings. The summed E-state index contributed by atoms with van der Waals surface area (Å²) in [4.78, 5) is 15.2. The first kappa shape index (κ1) is 22.2. The van der Waals surface area contributed by atoms with Gasteiger partial charge in [-0.15, -0.1) is 0 Å². The first-order valence-electron chi connectivity index (χ1n) is 10.1. The van der Waals surface area contributed by atoms with E-state index in [0.29, 0.717) is 6.54 Å². The summed E-state index contributed by atoms with van der Waals surface area (Å²) in [5.74, 6) is -1.01. The lowest BCUT2D eigenvalue weighted by Crippen LogP contribution is -2.47. The zero-order valence-electron chi connectivity index (χ0n) is 17.3. The molecule has 1 N–H and O–H groups in total. The van der Waals surface area contributed by atoms with Gasteiger partial charge in [0.1, 0.15) is 11.9 Å². The number of nitrogens with one attached hydrogen (secondary N) is 1. The van der Waals surface area contributed by atoms with E-state index in [0.717, 1.165) is 47.4 Å². The molecular formula is C22H28FN3O3S. The zero-order valence-corrected chi connectivity index (χ0v) is 18.2. The highest BCUT2D eigenvalue weighted by molar-refractivity contribution is 7.92. The van der Waals surface area contributed by atoms with Gasteiger partial charge in [-0.3, -0.25) is 14.0 Å². The summed E-state index contributed by atoms with van der Waals surface area (Å²) in [5, 5.41) is 2.84. The molecule has 1 unspecified atom stereocenters. The third-order valence-corrected chi connectivity index (χ3v) is 6.56. The van der Waals surface area contributed by atoms with Crippen LogP contribution in [0.5, 0.6) is 0 Å². The standard InChI is InChI=1S/C22H28FN3O3S/c1-17(26(30(2,28)29)21-11-7-10-20(23)14-21)22(27)24-15-18-8-3-4-9-19(18)16-25-12-5-6-13-25/h3-4,7-11,14,17H,5-6,12-13,15-16H2,1-2H3,(H,24,27). The first-order chi connectivity index (χ1) is 14.3. The molecule has 1 amide bonds. The van der Waals surface area contributed by atoms with Crippen LogP contribution in [0.3, 0.4) is 0 Å². The van der Waals surface area contributed by atoms with Crippen molar-refractivity contribution in [2.75, 3.05) is 23.7 Å². The number of anilines is 1. The second kappa shape index (κ2) is 9.57. The third kappa shape index (κ3) is 5.58. The van der Waals surface area contributed by atoms with Gasteiger partial charge in [-0.1, -0.05) is 30.3 Å².